The zero-order chi connectivity index (χ0) is 11.8. The SMILES string of the molecule is O=C(/C=C1\CCc2ccc(F)cc21)N1CCC1. The van der Waals surface area contributed by atoms with E-state index < -0.39 is 0 Å². The second kappa shape index (κ2) is 3.99. The Bertz CT molecular complexity index is 503. The molecule has 0 N–H and O–H groups in total. The van der Waals surface area contributed by atoms with Gasteiger partial charge in [-0.15, -0.1) is 0 Å². The molecule has 0 atom stereocenters. The Morgan fingerprint density at radius 1 is 1.29 bits per heavy atom. The van der Waals surface area contributed by atoms with Gasteiger partial charge in [-0.2, -0.15) is 0 Å². The van der Waals surface area contributed by atoms with Gasteiger partial charge in [0.05, 0.1) is 0 Å². The lowest BCUT2D eigenvalue weighted by atomic mass is 10.1. The normalized spacial score (nSPS) is 20.3. The smallest absolute Gasteiger partial charge is 0.246 e. The number of nitrogens with zero attached hydrogens (tertiary/aromatic N) is 1. The zero-order valence-electron chi connectivity index (χ0n) is 9.58. The largest absolute Gasteiger partial charge is 0.339 e. The minimum absolute atomic E-state index is 0.0726. The number of aryl methyl sites for hydroxylation is 1. The maximum Gasteiger partial charge on any atom is 0.246 e. The van der Waals surface area contributed by atoms with Crippen LogP contribution in [-0.2, 0) is 11.2 Å². The van der Waals surface area contributed by atoms with Crippen LogP contribution >= 0.6 is 0 Å². The van der Waals surface area contributed by atoms with Crippen LogP contribution in [0.25, 0.3) is 5.57 Å². The number of rotatable bonds is 1. The lowest BCUT2D eigenvalue weighted by molar-refractivity contribution is -0.129. The van der Waals surface area contributed by atoms with E-state index in [2.05, 4.69) is 0 Å². The second-order valence-electron chi connectivity index (χ2n) is 4.65. The summed E-state index contributed by atoms with van der Waals surface area (Å²) >= 11 is 0. The fraction of sp³-hybridized carbons (Fsp3) is 0.357. The number of likely N-dealkylation sites (tertiary alicyclic amines) is 1. The standard InChI is InChI=1S/C14H14FNO/c15-12-5-4-10-2-3-11(13(10)9-12)8-14(17)16-6-1-7-16/h4-5,8-9H,1-3,6-7H2/b11-8+. The number of allylic oxidation sites excluding steroid dienone is 1. The van der Waals surface area contributed by atoms with E-state index in [0.29, 0.717) is 0 Å². The molecule has 0 spiro atoms. The molecule has 0 aromatic heterocycles. The highest BCUT2D eigenvalue weighted by Gasteiger charge is 2.22. The molecular weight excluding hydrogens is 217 g/mol. The van der Waals surface area contributed by atoms with Gasteiger partial charge in [0.25, 0.3) is 0 Å². The Balaban J connectivity index is 1.89. The Labute approximate surface area is 99.7 Å². The van der Waals surface area contributed by atoms with E-state index in [-0.39, 0.29) is 11.7 Å². The van der Waals surface area contributed by atoms with Crippen LogP contribution in [-0.4, -0.2) is 23.9 Å². The maximum absolute atomic E-state index is 13.2. The van der Waals surface area contributed by atoms with Gasteiger partial charge in [-0.3, -0.25) is 4.79 Å². The zero-order valence-corrected chi connectivity index (χ0v) is 9.58. The molecule has 1 aliphatic carbocycles. The summed E-state index contributed by atoms with van der Waals surface area (Å²) in [5, 5.41) is 0. The van der Waals surface area contributed by atoms with E-state index in [1.54, 1.807) is 6.08 Å². The van der Waals surface area contributed by atoms with Gasteiger partial charge in [0, 0.05) is 19.2 Å². The molecule has 0 saturated carbocycles. The third kappa shape index (κ3) is 1.86. The predicted octanol–water partition coefficient (Wildman–Crippen LogP) is 2.39. The molecule has 1 heterocycles. The van der Waals surface area contributed by atoms with Crippen molar-refractivity contribution in [2.75, 3.05) is 13.1 Å². The van der Waals surface area contributed by atoms with E-state index in [1.807, 2.05) is 11.0 Å². The van der Waals surface area contributed by atoms with E-state index in [0.717, 1.165) is 49.1 Å². The van der Waals surface area contributed by atoms with E-state index in [4.69, 9.17) is 0 Å². The van der Waals surface area contributed by atoms with Gasteiger partial charge in [0.2, 0.25) is 5.91 Å². The van der Waals surface area contributed by atoms with Crippen molar-refractivity contribution in [3.8, 4) is 0 Å². The number of carbonyl (C=O) groups excluding carboxylic acids is 1. The third-order valence-electron chi connectivity index (χ3n) is 3.55. The van der Waals surface area contributed by atoms with Gasteiger partial charge >= 0.3 is 0 Å². The summed E-state index contributed by atoms with van der Waals surface area (Å²) in [6.07, 6.45) is 4.54. The fourth-order valence-corrected chi connectivity index (χ4v) is 2.40. The minimum Gasteiger partial charge on any atom is -0.339 e. The number of halogens is 1. The minimum atomic E-state index is -0.229. The first kappa shape index (κ1) is 10.5. The third-order valence-corrected chi connectivity index (χ3v) is 3.55. The monoisotopic (exact) mass is 231 g/mol. The van der Waals surface area contributed by atoms with Gasteiger partial charge in [0.15, 0.2) is 0 Å². The predicted molar refractivity (Wildman–Crippen MR) is 63.9 cm³/mol. The fourth-order valence-electron chi connectivity index (χ4n) is 2.40. The summed E-state index contributed by atoms with van der Waals surface area (Å²) in [4.78, 5) is 13.7. The van der Waals surface area contributed by atoms with Crippen LogP contribution in [0.4, 0.5) is 4.39 Å². The number of amides is 1. The van der Waals surface area contributed by atoms with Crippen molar-refractivity contribution in [3.05, 3.63) is 41.2 Å². The number of hydrogen-bond donors (Lipinski definition) is 0. The molecule has 1 saturated heterocycles. The average molecular weight is 231 g/mol. The van der Waals surface area contributed by atoms with Crippen molar-refractivity contribution in [2.24, 2.45) is 0 Å². The molecule has 88 valence electrons. The molecule has 2 aliphatic rings. The van der Waals surface area contributed by atoms with Crippen LogP contribution in [0, 0.1) is 5.82 Å². The first-order valence-corrected chi connectivity index (χ1v) is 6.02. The Morgan fingerprint density at radius 3 is 2.82 bits per heavy atom. The first-order valence-electron chi connectivity index (χ1n) is 6.02. The number of fused-ring (bicyclic) bond motifs is 1. The number of benzene rings is 1. The highest BCUT2D eigenvalue weighted by molar-refractivity contribution is 5.96. The number of hydrogen-bond acceptors (Lipinski definition) is 1. The molecule has 0 bridgehead atoms. The van der Waals surface area contributed by atoms with Gasteiger partial charge in [-0.05, 0) is 48.1 Å². The van der Waals surface area contributed by atoms with Crippen molar-refractivity contribution in [2.45, 2.75) is 19.3 Å². The van der Waals surface area contributed by atoms with Crippen molar-refractivity contribution in [3.63, 3.8) is 0 Å². The van der Waals surface area contributed by atoms with Crippen molar-refractivity contribution < 1.29 is 9.18 Å². The molecule has 1 aliphatic heterocycles. The van der Waals surface area contributed by atoms with Crippen LogP contribution in [0.1, 0.15) is 24.0 Å². The molecule has 2 nitrogen and oxygen atoms in total. The van der Waals surface area contributed by atoms with Gasteiger partial charge < -0.3 is 4.90 Å². The summed E-state index contributed by atoms with van der Waals surface area (Å²) in [5.74, 6) is -0.156. The maximum atomic E-state index is 13.2. The van der Waals surface area contributed by atoms with Crippen LogP contribution in [0.15, 0.2) is 24.3 Å². The first-order chi connectivity index (χ1) is 8.24. The molecule has 0 radical (unpaired) electrons. The topological polar surface area (TPSA) is 20.3 Å². The summed E-state index contributed by atoms with van der Waals surface area (Å²) < 4.78 is 13.2. The summed E-state index contributed by atoms with van der Waals surface area (Å²) in [7, 11) is 0. The Hall–Kier alpha value is -1.64. The van der Waals surface area contributed by atoms with Crippen LogP contribution in [0.2, 0.25) is 0 Å². The van der Waals surface area contributed by atoms with Gasteiger partial charge in [-0.25, -0.2) is 4.39 Å². The highest BCUT2D eigenvalue weighted by Crippen LogP contribution is 2.32. The van der Waals surface area contributed by atoms with E-state index in [1.165, 1.54) is 12.1 Å². The Kier molecular flexibility index (Phi) is 2.46. The van der Waals surface area contributed by atoms with Crippen molar-refractivity contribution in [1.82, 2.24) is 4.90 Å². The highest BCUT2D eigenvalue weighted by atomic mass is 19.1. The lowest BCUT2D eigenvalue weighted by Crippen LogP contribution is -2.41. The molecule has 1 aromatic carbocycles. The van der Waals surface area contributed by atoms with E-state index >= 15 is 0 Å². The molecule has 1 amide bonds. The van der Waals surface area contributed by atoms with Gasteiger partial charge in [-0.1, -0.05) is 6.07 Å². The quantitative estimate of drug-likeness (QED) is 0.679. The summed E-state index contributed by atoms with van der Waals surface area (Å²) in [5.41, 5.74) is 3.05. The lowest BCUT2D eigenvalue weighted by Gasteiger charge is -2.29. The van der Waals surface area contributed by atoms with Crippen LogP contribution < -0.4 is 0 Å². The van der Waals surface area contributed by atoms with Crippen LogP contribution in [0.3, 0.4) is 0 Å². The average Bonchev–Trinajstić information content (AvgIpc) is 2.58. The Morgan fingerprint density at radius 2 is 2.12 bits per heavy atom. The molecule has 1 aromatic rings. The molecule has 1 fully saturated rings. The molecule has 3 rings (SSSR count). The molecule has 3 heteroatoms. The number of carbonyl (C=O) groups is 1. The molecular formula is C14H14FNO. The molecule has 0 unspecified atom stereocenters. The van der Waals surface area contributed by atoms with Gasteiger partial charge in [0.1, 0.15) is 5.82 Å². The molecule has 17 heavy (non-hydrogen) atoms. The van der Waals surface area contributed by atoms with Crippen molar-refractivity contribution >= 4 is 11.5 Å². The van der Waals surface area contributed by atoms with Crippen LogP contribution in [0.5, 0.6) is 0 Å². The van der Waals surface area contributed by atoms with E-state index in [9.17, 15) is 9.18 Å². The second-order valence-corrected chi connectivity index (χ2v) is 4.65. The summed E-state index contributed by atoms with van der Waals surface area (Å²) in [6, 6.07) is 4.84. The van der Waals surface area contributed by atoms with Crippen molar-refractivity contribution in [1.29, 1.82) is 0 Å². The summed E-state index contributed by atoms with van der Waals surface area (Å²) in [6.45, 7) is 1.72.